The highest BCUT2D eigenvalue weighted by molar-refractivity contribution is 7.94. The number of alkyl halides is 3. The molecule has 1 heterocycles. The van der Waals surface area contributed by atoms with Gasteiger partial charge in [0.2, 0.25) is 0 Å². The summed E-state index contributed by atoms with van der Waals surface area (Å²) in [5, 5.41) is 13.1. The number of benzene rings is 1. The number of hydrogen-bond acceptors (Lipinski definition) is 5. The number of hydrogen-bond donors (Lipinski definition) is 2. The van der Waals surface area contributed by atoms with Gasteiger partial charge in [0.25, 0.3) is 5.91 Å². The van der Waals surface area contributed by atoms with E-state index in [1.54, 1.807) is 13.1 Å². The van der Waals surface area contributed by atoms with Gasteiger partial charge in [-0.3, -0.25) is 14.3 Å². The fourth-order valence-corrected chi connectivity index (χ4v) is 4.64. The van der Waals surface area contributed by atoms with E-state index in [1.807, 2.05) is 20.8 Å². The number of sulfone groups is 1. The van der Waals surface area contributed by atoms with Gasteiger partial charge in [0, 0.05) is 12.5 Å². The maximum Gasteiger partial charge on any atom is 0.416 e. The summed E-state index contributed by atoms with van der Waals surface area (Å²) in [7, 11) is -2.44. The van der Waals surface area contributed by atoms with Crippen LogP contribution >= 0.6 is 0 Å². The molecular weight excluding hydrogens is 451 g/mol. The van der Waals surface area contributed by atoms with Crippen LogP contribution in [-0.4, -0.2) is 39.9 Å². The van der Waals surface area contributed by atoms with Crippen LogP contribution in [-0.2, 0) is 33.3 Å². The molecule has 2 aromatic rings. The first kappa shape index (κ1) is 25.4. The zero-order valence-electron chi connectivity index (χ0n) is 17.9. The molecule has 12 heteroatoms. The number of nitrogens with two attached hydrogens (primary N) is 1. The molecule has 0 radical (unpaired) electrons. The van der Waals surface area contributed by atoms with Crippen LogP contribution in [0.2, 0.25) is 0 Å². The number of aryl methyl sites for hydroxylation is 1. The van der Waals surface area contributed by atoms with Crippen molar-refractivity contribution < 1.29 is 36.3 Å². The Morgan fingerprint density at radius 2 is 1.62 bits per heavy atom. The number of carbonyl (C=O) groups is 2. The van der Waals surface area contributed by atoms with Crippen molar-refractivity contribution in [2.45, 2.75) is 54.8 Å². The third-order valence-corrected chi connectivity index (χ3v) is 7.51. The smallest absolute Gasteiger partial charge is 0.416 e. The van der Waals surface area contributed by atoms with Gasteiger partial charge in [-0.15, -0.1) is 0 Å². The first-order valence-corrected chi connectivity index (χ1v) is 10.9. The van der Waals surface area contributed by atoms with Gasteiger partial charge in [-0.2, -0.15) is 18.3 Å². The number of aliphatic carboxylic acids is 1. The van der Waals surface area contributed by atoms with Gasteiger partial charge in [0.1, 0.15) is 5.69 Å². The second kappa shape index (κ2) is 8.23. The number of carbonyl (C=O) groups excluding carboxylic acids is 1. The van der Waals surface area contributed by atoms with Crippen LogP contribution in [0.3, 0.4) is 0 Å². The zero-order chi connectivity index (χ0) is 24.7. The molecule has 32 heavy (non-hydrogen) atoms. The Morgan fingerprint density at radius 1 is 1.12 bits per heavy atom. The van der Waals surface area contributed by atoms with Gasteiger partial charge in [-0.05, 0) is 43.2 Å². The normalized spacial score (nSPS) is 15.5. The van der Waals surface area contributed by atoms with E-state index in [2.05, 4.69) is 5.10 Å². The molecule has 1 amide bonds. The lowest BCUT2D eigenvalue weighted by Gasteiger charge is -2.13. The topological polar surface area (TPSA) is 132 Å². The van der Waals surface area contributed by atoms with E-state index in [1.165, 1.54) is 4.68 Å². The number of nitrogens with zero attached hydrogens (tertiary/aromatic N) is 2. The van der Waals surface area contributed by atoms with Crippen LogP contribution in [0.25, 0.3) is 0 Å². The maximum absolute atomic E-state index is 12.3. The standard InChI is InChI=1S/C11H9F3O4S.C9H15N3O/c12-11(13,14)7-1-3-8(4-2-7)19(17,18)10(5-6-10)9(15)16;1-9(2,3)7-5-6(8(10)13)12(4)11-7/h1-4H,5-6H2,(H,15,16);5H,1-4H3,(H2,10,13). The van der Waals surface area contributed by atoms with Crippen LogP contribution in [0.4, 0.5) is 13.2 Å². The Bertz CT molecular complexity index is 1130. The van der Waals surface area contributed by atoms with E-state index in [0.29, 0.717) is 17.8 Å². The largest absolute Gasteiger partial charge is 0.480 e. The van der Waals surface area contributed by atoms with Crippen molar-refractivity contribution in [1.29, 1.82) is 0 Å². The summed E-state index contributed by atoms with van der Waals surface area (Å²) >= 11 is 0. The summed E-state index contributed by atoms with van der Waals surface area (Å²) in [4.78, 5) is 21.5. The first-order valence-electron chi connectivity index (χ1n) is 9.43. The monoisotopic (exact) mass is 475 g/mol. The number of carboxylic acid groups (broad SMARTS) is 1. The molecular formula is C20H24F3N3O5S. The molecule has 1 aromatic carbocycles. The summed E-state index contributed by atoms with van der Waals surface area (Å²) in [6.45, 7) is 6.13. The lowest BCUT2D eigenvalue weighted by molar-refractivity contribution is -0.138. The van der Waals surface area contributed by atoms with Crippen LogP contribution in [0.5, 0.6) is 0 Å². The second-order valence-electron chi connectivity index (χ2n) is 8.48. The highest BCUT2D eigenvalue weighted by Crippen LogP contribution is 2.47. The van der Waals surface area contributed by atoms with E-state index >= 15 is 0 Å². The fourth-order valence-electron chi connectivity index (χ4n) is 2.82. The molecule has 1 aromatic heterocycles. The van der Waals surface area contributed by atoms with Gasteiger partial charge >= 0.3 is 12.1 Å². The maximum atomic E-state index is 12.3. The predicted molar refractivity (Wildman–Crippen MR) is 109 cm³/mol. The Hall–Kier alpha value is -2.89. The van der Waals surface area contributed by atoms with Gasteiger partial charge in [0.05, 0.1) is 16.2 Å². The molecule has 0 atom stereocenters. The van der Waals surface area contributed by atoms with Crippen molar-refractivity contribution in [3.05, 3.63) is 47.3 Å². The highest BCUT2D eigenvalue weighted by atomic mass is 32.2. The van der Waals surface area contributed by atoms with Crippen molar-refractivity contribution in [2.75, 3.05) is 0 Å². The van der Waals surface area contributed by atoms with Gasteiger partial charge < -0.3 is 10.8 Å². The number of rotatable bonds is 4. The molecule has 0 saturated heterocycles. The molecule has 0 bridgehead atoms. The number of carboxylic acids is 1. The summed E-state index contributed by atoms with van der Waals surface area (Å²) < 4.78 is 60.8. The third-order valence-electron chi connectivity index (χ3n) is 5.00. The van der Waals surface area contributed by atoms with E-state index in [9.17, 15) is 31.2 Å². The third kappa shape index (κ3) is 4.95. The molecule has 1 fully saturated rings. The van der Waals surface area contributed by atoms with E-state index < -0.39 is 43.1 Å². The highest BCUT2D eigenvalue weighted by Gasteiger charge is 2.61. The molecule has 1 aliphatic carbocycles. The van der Waals surface area contributed by atoms with Gasteiger partial charge in [-0.1, -0.05) is 20.8 Å². The van der Waals surface area contributed by atoms with Crippen molar-refractivity contribution in [3.63, 3.8) is 0 Å². The fraction of sp³-hybridized carbons (Fsp3) is 0.450. The number of aromatic nitrogens is 2. The Labute approximate surface area is 183 Å². The minimum absolute atomic E-state index is 0.0221. The molecule has 176 valence electrons. The summed E-state index contributed by atoms with van der Waals surface area (Å²) in [5.74, 6) is -1.90. The quantitative estimate of drug-likeness (QED) is 0.699. The van der Waals surface area contributed by atoms with Crippen LogP contribution in [0.15, 0.2) is 35.2 Å². The van der Waals surface area contributed by atoms with Crippen molar-refractivity contribution in [2.24, 2.45) is 12.8 Å². The van der Waals surface area contributed by atoms with Crippen LogP contribution < -0.4 is 5.73 Å². The first-order chi connectivity index (χ1) is 14.4. The molecule has 0 spiro atoms. The summed E-state index contributed by atoms with van der Waals surface area (Å²) in [5.41, 5.74) is 5.47. The molecule has 1 aliphatic rings. The number of halogens is 3. The Kier molecular flexibility index (Phi) is 6.52. The number of primary amides is 1. The SMILES string of the molecule is Cn1nc(C(C)(C)C)cc1C(N)=O.O=C(O)C1(S(=O)(=O)c2ccc(C(F)(F)F)cc2)CC1. The molecule has 1 saturated carbocycles. The molecule has 3 rings (SSSR count). The Morgan fingerprint density at radius 3 is 1.91 bits per heavy atom. The molecule has 3 N–H and O–H groups in total. The van der Waals surface area contributed by atoms with E-state index in [0.717, 1.165) is 17.8 Å². The van der Waals surface area contributed by atoms with Gasteiger partial charge in [0.15, 0.2) is 14.6 Å². The molecule has 0 unspecified atom stereocenters. The lowest BCUT2D eigenvalue weighted by Crippen LogP contribution is -2.32. The number of amides is 1. The average Bonchev–Trinajstić information content (AvgIpc) is 3.38. The summed E-state index contributed by atoms with van der Waals surface area (Å²) in [6.07, 6.45) is -4.61. The van der Waals surface area contributed by atoms with E-state index in [-0.39, 0.29) is 18.3 Å². The van der Waals surface area contributed by atoms with Crippen molar-refractivity contribution in [1.82, 2.24) is 9.78 Å². The summed E-state index contributed by atoms with van der Waals surface area (Å²) in [6, 6.07) is 4.58. The van der Waals surface area contributed by atoms with Gasteiger partial charge in [-0.25, -0.2) is 8.42 Å². The lowest BCUT2D eigenvalue weighted by atomic mass is 9.92. The average molecular weight is 475 g/mol. The van der Waals surface area contributed by atoms with Crippen LogP contribution in [0, 0.1) is 0 Å². The Balaban J connectivity index is 0.000000244. The van der Waals surface area contributed by atoms with Crippen LogP contribution in [0.1, 0.15) is 55.4 Å². The molecule has 8 nitrogen and oxygen atoms in total. The molecule has 0 aliphatic heterocycles. The minimum atomic E-state index is -4.56. The minimum Gasteiger partial charge on any atom is -0.480 e. The second-order valence-corrected chi connectivity index (χ2v) is 10.7. The predicted octanol–water partition coefficient (Wildman–Crippen LogP) is 2.91. The van der Waals surface area contributed by atoms with Crippen molar-refractivity contribution >= 4 is 21.7 Å². The zero-order valence-corrected chi connectivity index (χ0v) is 18.7. The van der Waals surface area contributed by atoms with E-state index in [4.69, 9.17) is 10.8 Å². The van der Waals surface area contributed by atoms with Crippen molar-refractivity contribution in [3.8, 4) is 0 Å².